The summed E-state index contributed by atoms with van der Waals surface area (Å²) in [6.45, 7) is 0. The summed E-state index contributed by atoms with van der Waals surface area (Å²) >= 11 is 0. The molecule has 0 bridgehead atoms. The molecule has 340 valence electrons. The summed E-state index contributed by atoms with van der Waals surface area (Å²) in [5, 5.41) is 8.44. The first kappa shape index (κ1) is 42.1. The van der Waals surface area contributed by atoms with Crippen molar-refractivity contribution in [3.8, 4) is 84.2 Å². The van der Waals surface area contributed by atoms with E-state index < -0.39 is 0 Å². The smallest absolute Gasteiger partial charge is 0.160 e. The van der Waals surface area contributed by atoms with Gasteiger partial charge >= 0.3 is 0 Å². The highest BCUT2D eigenvalue weighted by atomic mass is 15.0. The van der Waals surface area contributed by atoms with Gasteiger partial charge < -0.3 is 4.57 Å². The van der Waals surface area contributed by atoms with Crippen LogP contribution in [-0.4, -0.2) is 19.5 Å². The van der Waals surface area contributed by atoms with Gasteiger partial charge in [-0.2, -0.15) is 0 Å². The van der Waals surface area contributed by atoms with E-state index in [1.54, 1.807) is 0 Å². The molecular weight excluding hydrogens is 885 g/mol. The zero-order chi connectivity index (χ0) is 48.2. The Morgan fingerprint density at radius 1 is 0.260 bits per heavy atom. The largest absolute Gasteiger partial charge is 0.309 e. The third kappa shape index (κ3) is 7.52. The van der Waals surface area contributed by atoms with Crippen LogP contribution < -0.4 is 0 Å². The molecule has 3 heterocycles. The van der Waals surface area contributed by atoms with Gasteiger partial charge in [0.2, 0.25) is 0 Å². The minimum atomic E-state index is 0.697. The molecular formula is C69H44N4. The summed E-state index contributed by atoms with van der Waals surface area (Å²) in [7, 11) is 0. The van der Waals surface area contributed by atoms with Crippen molar-refractivity contribution in [3.63, 3.8) is 0 Å². The average Bonchev–Trinajstić information content (AvgIpc) is 3.81. The minimum Gasteiger partial charge on any atom is -0.309 e. The molecule has 11 aromatic carbocycles. The van der Waals surface area contributed by atoms with Gasteiger partial charge in [-0.1, -0.05) is 218 Å². The van der Waals surface area contributed by atoms with Crippen molar-refractivity contribution in [2.75, 3.05) is 0 Å². The van der Waals surface area contributed by atoms with Crippen LogP contribution in [-0.2, 0) is 0 Å². The van der Waals surface area contributed by atoms with Gasteiger partial charge in [0.25, 0.3) is 0 Å². The molecule has 4 nitrogen and oxygen atoms in total. The summed E-state index contributed by atoms with van der Waals surface area (Å²) in [4.78, 5) is 15.7. The normalized spacial score (nSPS) is 11.6. The Kier molecular flexibility index (Phi) is 10.1. The Bertz CT molecular complexity index is 4330. The molecule has 3 aromatic heterocycles. The maximum Gasteiger partial charge on any atom is 0.160 e. The molecule has 0 unspecified atom stereocenters. The molecule has 0 aliphatic carbocycles. The molecule has 0 saturated heterocycles. The van der Waals surface area contributed by atoms with Crippen molar-refractivity contribution in [1.29, 1.82) is 0 Å². The number of nitrogens with zero attached hydrogens (tertiary/aromatic N) is 4. The predicted octanol–water partition coefficient (Wildman–Crippen LogP) is 18.1. The second kappa shape index (κ2) is 17.6. The summed E-state index contributed by atoms with van der Waals surface area (Å²) in [6.07, 6.45) is 0. The van der Waals surface area contributed by atoms with Gasteiger partial charge in [0.15, 0.2) is 5.82 Å². The van der Waals surface area contributed by atoms with Crippen molar-refractivity contribution < 1.29 is 0 Å². The molecule has 0 aliphatic heterocycles. The topological polar surface area (TPSA) is 43.6 Å². The fraction of sp³-hybridized carbons (Fsp3) is 0. The van der Waals surface area contributed by atoms with Gasteiger partial charge in [0, 0.05) is 54.9 Å². The van der Waals surface area contributed by atoms with Gasteiger partial charge in [0.1, 0.15) is 0 Å². The van der Waals surface area contributed by atoms with Crippen LogP contribution in [0.2, 0.25) is 0 Å². The zero-order valence-electron chi connectivity index (χ0n) is 39.7. The number of rotatable bonds is 8. The summed E-state index contributed by atoms with van der Waals surface area (Å²) in [5.41, 5.74) is 18.3. The number of pyridine rings is 1. The first-order valence-electron chi connectivity index (χ1n) is 24.8. The maximum atomic E-state index is 5.43. The van der Waals surface area contributed by atoms with Crippen LogP contribution in [0.15, 0.2) is 267 Å². The lowest BCUT2D eigenvalue weighted by molar-refractivity contribution is 1.18. The van der Waals surface area contributed by atoms with Gasteiger partial charge in [-0.3, -0.25) is 0 Å². The first-order valence-corrected chi connectivity index (χ1v) is 24.8. The monoisotopic (exact) mass is 928 g/mol. The zero-order valence-corrected chi connectivity index (χ0v) is 39.7. The molecule has 4 heteroatoms. The van der Waals surface area contributed by atoms with Gasteiger partial charge in [-0.15, -0.1) is 0 Å². The molecule has 0 saturated carbocycles. The third-order valence-corrected chi connectivity index (χ3v) is 14.4. The van der Waals surface area contributed by atoms with Crippen molar-refractivity contribution >= 4 is 54.3 Å². The summed E-state index contributed by atoms with van der Waals surface area (Å²) in [6, 6.07) is 95.2. The Morgan fingerprint density at radius 3 is 1.45 bits per heavy atom. The molecule has 0 fully saturated rings. The Morgan fingerprint density at radius 2 is 0.753 bits per heavy atom. The fourth-order valence-electron chi connectivity index (χ4n) is 10.8. The number of para-hydroxylation sites is 2. The number of aromatic nitrogens is 4. The van der Waals surface area contributed by atoms with E-state index in [1.165, 1.54) is 43.5 Å². The SMILES string of the molecule is c1ccc(-c2cccc(-c3cc(-c4ccc(-c5ccc(-c6nc7ccc(-c8ccc(-n9c%10ccccc%10c%10ccccc%109)cc8)cc7c7c6ccc6ccccc67)cc5)cc4)nc(-c4ccccc4)n3)c2)cc1. The molecule has 73 heavy (non-hydrogen) atoms. The van der Waals surface area contributed by atoms with Crippen LogP contribution in [0.3, 0.4) is 0 Å². The van der Waals surface area contributed by atoms with Crippen LogP contribution in [0, 0.1) is 0 Å². The van der Waals surface area contributed by atoms with E-state index in [0.717, 1.165) is 89.1 Å². The van der Waals surface area contributed by atoms with E-state index in [-0.39, 0.29) is 0 Å². The summed E-state index contributed by atoms with van der Waals surface area (Å²) < 4.78 is 2.37. The van der Waals surface area contributed by atoms with Crippen LogP contribution in [0.4, 0.5) is 0 Å². The van der Waals surface area contributed by atoms with E-state index in [4.69, 9.17) is 15.0 Å². The number of hydrogen-bond donors (Lipinski definition) is 0. The Labute approximate surface area is 422 Å². The number of hydrogen-bond acceptors (Lipinski definition) is 3. The molecule has 0 atom stereocenters. The van der Waals surface area contributed by atoms with E-state index in [9.17, 15) is 0 Å². The Hall–Kier alpha value is -9.77. The first-order chi connectivity index (χ1) is 36.2. The second-order valence-electron chi connectivity index (χ2n) is 18.7. The van der Waals surface area contributed by atoms with Crippen molar-refractivity contribution in [2.24, 2.45) is 0 Å². The predicted molar refractivity (Wildman–Crippen MR) is 305 cm³/mol. The van der Waals surface area contributed by atoms with Crippen molar-refractivity contribution in [3.05, 3.63) is 267 Å². The highest BCUT2D eigenvalue weighted by Gasteiger charge is 2.17. The quantitative estimate of drug-likeness (QED) is 0.143. The van der Waals surface area contributed by atoms with Crippen molar-refractivity contribution in [1.82, 2.24) is 19.5 Å². The highest BCUT2D eigenvalue weighted by molar-refractivity contribution is 6.23. The lowest BCUT2D eigenvalue weighted by Gasteiger charge is -2.15. The van der Waals surface area contributed by atoms with Gasteiger partial charge in [0.05, 0.1) is 33.6 Å². The Balaban J connectivity index is 0.797. The van der Waals surface area contributed by atoms with E-state index in [2.05, 4.69) is 247 Å². The molecule has 0 N–H and O–H groups in total. The number of fused-ring (bicyclic) bond motifs is 8. The van der Waals surface area contributed by atoms with Crippen LogP contribution in [0.5, 0.6) is 0 Å². The van der Waals surface area contributed by atoms with Crippen molar-refractivity contribution in [2.45, 2.75) is 0 Å². The van der Waals surface area contributed by atoms with Crippen LogP contribution in [0.1, 0.15) is 0 Å². The van der Waals surface area contributed by atoms with Gasteiger partial charge in [-0.25, -0.2) is 15.0 Å². The van der Waals surface area contributed by atoms with E-state index in [0.29, 0.717) is 5.82 Å². The highest BCUT2D eigenvalue weighted by Crippen LogP contribution is 2.40. The second-order valence-corrected chi connectivity index (χ2v) is 18.7. The fourth-order valence-corrected chi connectivity index (χ4v) is 10.8. The molecule has 0 aliphatic rings. The van der Waals surface area contributed by atoms with Crippen LogP contribution in [0.25, 0.3) is 138 Å². The molecule has 14 rings (SSSR count). The number of benzene rings is 11. The maximum absolute atomic E-state index is 5.43. The lowest BCUT2D eigenvalue weighted by Crippen LogP contribution is -1.96. The summed E-state index contributed by atoms with van der Waals surface area (Å²) in [5.74, 6) is 0.697. The molecule has 0 radical (unpaired) electrons. The van der Waals surface area contributed by atoms with Gasteiger partial charge in [-0.05, 0) is 92.7 Å². The lowest BCUT2D eigenvalue weighted by atomic mass is 9.93. The molecule has 0 amide bonds. The van der Waals surface area contributed by atoms with Crippen LogP contribution >= 0.6 is 0 Å². The minimum absolute atomic E-state index is 0.697. The van der Waals surface area contributed by atoms with E-state index in [1.807, 2.05) is 24.3 Å². The standard InChI is InChI=1S/C69H44N4/c1-3-14-45(15-4-1)53-19-13-20-55(42-53)64-44-63(71-69(72-64)52-17-5-2-6-18-52)50-30-26-46(27-31-50)47-28-32-51(33-29-47)68-60-40-36-49-16-7-8-21-57(49)67(60)61-43-54(37-41-62(61)70-68)48-34-38-56(39-35-48)73-65-24-11-9-22-58(65)59-23-10-12-25-66(59)73/h1-44H. The van der Waals surface area contributed by atoms with E-state index >= 15 is 0 Å². The molecule has 14 aromatic rings. The average molecular weight is 929 g/mol. The molecule has 0 spiro atoms. The third-order valence-electron chi connectivity index (χ3n) is 14.4.